The number of rotatable bonds is 2. The van der Waals surface area contributed by atoms with E-state index in [1.54, 1.807) is 4.90 Å². The highest BCUT2D eigenvalue weighted by molar-refractivity contribution is 5.69. The molecule has 2 amide bonds. The minimum absolute atomic E-state index is 0.171. The molecule has 1 saturated heterocycles. The molecule has 0 unspecified atom stereocenters. The Morgan fingerprint density at radius 2 is 1.84 bits per heavy atom. The van der Waals surface area contributed by atoms with Crippen molar-refractivity contribution < 1.29 is 23.9 Å². The van der Waals surface area contributed by atoms with Crippen molar-refractivity contribution in [2.75, 3.05) is 19.7 Å². The summed E-state index contributed by atoms with van der Waals surface area (Å²) in [5, 5.41) is 1.16. The molecular weight excluding hydrogens is 324 g/mol. The van der Waals surface area contributed by atoms with E-state index in [9.17, 15) is 9.59 Å². The number of amides is 2. The lowest BCUT2D eigenvalue weighted by Crippen LogP contribution is -2.44. The monoisotopic (exact) mass is 350 g/mol. The summed E-state index contributed by atoms with van der Waals surface area (Å²) in [5.74, 6) is 0. The molecule has 0 saturated carbocycles. The minimum Gasteiger partial charge on any atom is -0.444 e. The van der Waals surface area contributed by atoms with Gasteiger partial charge in [0, 0.05) is 6.54 Å². The first-order chi connectivity index (χ1) is 11.8. The number of ether oxygens (including phenoxy) is 2. The fourth-order valence-electron chi connectivity index (χ4n) is 2.30. The second-order valence-electron chi connectivity index (χ2n) is 6.96. The maximum Gasteiger partial charge on any atom is 0.434 e. The Morgan fingerprint density at radius 3 is 2.48 bits per heavy atom. The summed E-state index contributed by atoms with van der Waals surface area (Å²) >= 11 is 0. The topological polar surface area (TPSA) is 68.3 Å². The molecule has 1 heterocycles. The van der Waals surface area contributed by atoms with Gasteiger partial charge in [-0.05, 0) is 33.3 Å². The van der Waals surface area contributed by atoms with Crippen LogP contribution in [0.5, 0.6) is 0 Å². The zero-order chi connectivity index (χ0) is 18.4. The van der Waals surface area contributed by atoms with Gasteiger partial charge >= 0.3 is 12.2 Å². The molecule has 0 bridgehead atoms. The molecule has 0 aromatic heterocycles. The fraction of sp³-hybridized carbons (Fsp3) is 0.556. The Morgan fingerprint density at radius 1 is 1.16 bits per heavy atom. The third-order valence-electron chi connectivity index (χ3n) is 3.58. The molecule has 25 heavy (non-hydrogen) atoms. The molecule has 0 radical (unpaired) electrons. The Balaban J connectivity index is 1.88. The summed E-state index contributed by atoms with van der Waals surface area (Å²) in [6, 6.07) is 9.21. The van der Waals surface area contributed by atoms with E-state index >= 15 is 0 Å². The summed E-state index contributed by atoms with van der Waals surface area (Å²) < 4.78 is 10.7. The van der Waals surface area contributed by atoms with E-state index in [4.69, 9.17) is 14.3 Å². The molecule has 1 fully saturated rings. The van der Waals surface area contributed by atoms with Crippen molar-refractivity contribution in [1.82, 2.24) is 9.96 Å². The zero-order valence-electron chi connectivity index (χ0n) is 15.2. The quantitative estimate of drug-likeness (QED) is 0.819. The number of carbonyl (C=O) groups excluding carboxylic acids is 2. The van der Waals surface area contributed by atoms with Gasteiger partial charge in [0.1, 0.15) is 12.2 Å². The third-order valence-corrected chi connectivity index (χ3v) is 3.58. The van der Waals surface area contributed by atoms with Crippen LogP contribution in [0.15, 0.2) is 30.3 Å². The first kappa shape index (κ1) is 19.1. The van der Waals surface area contributed by atoms with Gasteiger partial charge in [0.15, 0.2) is 0 Å². The molecule has 1 aromatic carbocycles. The summed E-state index contributed by atoms with van der Waals surface area (Å²) in [5.41, 5.74) is 0.326. The van der Waals surface area contributed by atoms with Crippen LogP contribution in [0, 0.1) is 0 Å². The Labute approximate surface area is 148 Å². The predicted octanol–water partition coefficient (Wildman–Crippen LogP) is 3.20. The van der Waals surface area contributed by atoms with Crippen LogP contribution in [0.25, 0.3) is 0 Å². The zero-order valence-corrected chi connectivity index (χ0v) is 15.2. The Hall–Kier alpha value is -2.28. The van der Waals surface area contributed by atoms with Crippen LogP contribution < -0.4 is 0 Å². The summed E-state index contributed by atoms with van der Waals surface area (Å²) in [6.45, 7) is 8.20. The lowest BCUT2D eigenvalue weighted by Gasteiger charge is -2.29. The van der Waals surface area contributed by atoms with Crippen LogP contribution in [0.2, 0.25) is 0 Å². The maximum atomic E-state index is 12.3. The van der Waals surface area contributed by atoms with Crippen LogP contribution in [0.1, 0.15) is 33.3 Å². The molecule has 1 atom stereocenters. The highest BCUT2D eigenvalue weighted by atomic mass is 16.7. The van der Waals surface area contributed by atoms with E-state index in [0.29, 0.717) is 6.54 Å². The number of benzene rings is 1. The molecule has 1 aliphatic rings. The van der Waals surface area contributed by atoms with Gasteiger partial charge in [0.2, 0.25) is 0 Å². The smallest absolute Gasteiger partial charge is 0.434 e. The largest absolute Gasteiger partial charge is 0.444 e. The Bertz CT molecular complexity index is 585. The van der Waals surface area contributed by atoms with Crippen molar-refractivity contribution in [1.29, 1.82) is 0 Å². The highest BCUT2D eigenvalue weighted by Crippen LogP contribution is 2.15. The first-order valence-corrected chi connectivity index (χ1v) is 8.37. The average Bonchev–Trinajstić information content (AvgIpc) is 2.74. The molecule has 0 aliphatic carbocycles. The summed E-state index contributed by atoms with van der Waals surface area (Å²) in [4.78, 5) is 31.5. The van der Waals surface area contributed by atoms with Crippen molar-refractivity contribution >= 4 is 12.2 Å². The van der Waals surface area contributed by atoms with Crippen molar-refractivity contribution in [3.8, 4) is 0 Å². The standard InChI is InChI=1S/C18H26N2O5/c1-14-12-24-20(11-10-19(14)16(21)25-18(2,3)4)17(22)23-13-15-8-6-5-7-9-15/h5-9,14H,10-13H2,1-4H3/t14-/m1/s1. The van der Waals surface area contributed by atoms with Crippen LogP contribution in [-0.2, 0) is 20.9 Å². The number of nitrogens with zero attached hydrogens (tertiary/aromatic N) is 2. The number of hydroxylamine groups is 2. The van der Waals surface area contributed by atoms with Gasteiger partial charge in [0.25, 0.3) is 0 Å². The van der Waals surface area contributed by atoms with Gasteiger partial charge in [-0.15, -0.1) is 0 Å². The first-order valence-electron chi connectivity index (χ1n) is 8.37. The van der Waals surface area contributed by atoms with E-state index < -0.39 is 17.8 Å². The molecule has 0 spiro atoms. The predicted molar refractivity (Wildman–Crippen MR) is 91.7 cm³/mol. The lowest BCUT2D eigenvalue weighted by atomic mass is 10.2. The maximum absolute atomic E-state index is 12.3. The minimum atomic E-state index is -0.571. The Kier molecular flexibility index (Phi) is 6.25. The normalized spacial score (nSPS) is 18.5. The van der Waals surface area contributed by atoms with Gasteiger partial charge in [0.05, 0.1) is 19.2 Å². The van der Waals surface area contributed by atoms with E-state index in [1.165, 1.54) is 0 Å². The van der Waals surface area contributed by atoms with Gasteiger partial charge < -0.3 is 14.4 Å². The van der Waals surface area contributed by atoms with E-state index in [0.717, 1.165) is 10.6 Å². The molecule has 1 aliphatic heterocycles. The van der Waals surface area contributed by atoms with Crippen LogP contribution in [-0.4, -0.2) is 53.5 Å². The SMILES string of the molecule is C[C@@H]1CON(C(=O)OCc2ccccc2)CCN1C(=O)OC(C)(C)C. The van der Waals surface area contributed by atoms with Gasteiger partial charge in [-0.1, -0.05) is 30.3 Å². The van der Waals surface area contributed by atoms with E-state index in [2.05, 4.69) is 0 Å². The third kappa shape index (κ3) is 5.94. The molecule has 1 aromatic rings. The molecule has 7 heteroatoms. The van der Waals surface area contributed by atoms with Crippen molar-refractivity contribution in [2.24, 2.45) is 0 Å². The van der Waals surface area contributed by atoms with Crippen LogP contribution >= 0.6 is 0 Å². The summed E-state index contributed by atoms with van der Waals surface area (Å²) in [6.07, 6.45) is -0.981. The van der Waals surface area contributed by atoms with Crippen molar-refractivity contribution in [3.63, 3.8) is 0 Å². The van der Waals surface area contributed by atoms with Crippen molar-refractivity contribution in [3.05, 3.63) is 35.9 Å². The molecular formula is C18H26N2O5. The van der Waals surface area contributed by atoms with E-state index in [-0.39, 0.29) is 25.8 Å². The fourth-order valence-corrected chi connectivity index (χ4v) is 2.30. The van der Waals surface area contributed by atoms with Crippen LogP contribution in [0.3, 0.4) is 0 Å². The molecule has 138 valence electrons. The highest BCUT2D eigenvalue weighted by Gasteiger charge is 2.31. The van der Waals surface area contributed by atoms with Crippen LogP contribution in [0.4, 0.5) is 9.59 Å². The number of carbonyl (C=O) groups is 2. The van der Waals surface area contributed by atoms with Gasteiger partial charge in [-0.2, -0.15) is 5.06 Å². The second kappa shape index (κ2) is 8.20. The number of hydrogen-bond donors (Lipinski definition) is 0. The van der Waals surface area contributed by atoms with Gasteiger partial charge in [-0.3, -0.25) is 4.84 Å². The van der Waals surface area contributed by atoms with Gasteiger partial charge in [-0.25, -0.2) is 9.59 Å². The molecule has 0 N–H and O–H groups in total. The second-order valence-corrected chi connectivity index (χ2v) is 6.96. The average molecular weight is 350 g/mol. The molecule has 7 nitrogen and oxygen atoms in total. The number of hydrogen-bond acceptors (Lipinski definition) is 5. The lowest BCUT2D eigenvalue weighted by molar-refractivity contribution is -0.132. The summed E-state index contributed by atoms with van der Waals surface area (Å²) in [7, 11) is 0. The van der Waals surface area contributed by atoms with E-state index in [1.807, 2.05) is 58.0 Å². The van der Waals surface area contributed by atoms with Crippen molar-refractivity contribution in [2.45, 2.75) is 45.9 Å². The molecule has 2 rings (SSSR count).